The number of likely N-dealkylation sites (tertiary alicyclic amines) is 1. The Balaban J connectivity index is 2.85. The molecule has 0 atom stereocenters. The van der Waals surface area contributed by atoms with E-state index in [1.54, 1.807) is 13.8 Å². The molecule has 0 amide bonds. The number of rotatable bonds is 3. The van der Waals surface area contributed by atoms with Crippen molar-refractivity contribution in [2.45, 2.75) is 33.1 Å². The van der Waals surface area contributed by atoms with E-state index in [-0.39, 0.29) is 24.5 Å². The fourth-order valence-corrected chi connectivity index (χ4v) is 2.16. The van der Waals surface area contributed by atoms with Gasteiger partial charge < -0.3 is 4.90 Å². The molecule has 1 aliphatic heterocycles. The van der Waals surface area contributed by atoms with Gasteiger partial charge in [-0.15, -0.1) is 0 Å². The van der Waals surface area contributed by atoms with Gasteiger partial charge in [0.1, 0.15) is 5.78 Å². The Kier molecular flexibility index (Phi) is 3.82. The summed E-state index contributed by atoms with van der Waals surface area (Å²) >= 11 is 0. The van der Waals surface area contributed by atoms with Crippen LogP contribution in [0.5, 0.6) is 0 Å². The minimum absolute atomic E-state index is 0.273. The third-order valence-corrected chi connectivity index (χ3v) is 3.31. The van der Waals surface area contributed by atoms with Gasteiger partial charge in [0.25, 0.3) is 6.43 Å². The number of ketones is 1. The summed E-state index contributed by atoms with van der Waals surface area (Å²) in [5.74, 6) is -0.576. The van der Waals surface area contributed by atoms with Crippen LogP contribution in [0.2, 0.25) is 0 Å². The van der Waals surface area contributed by atoms with E-state index < -0.39 is 11.8 Å². The van der Waals surface area contributed by atoms with Crippen LogP contribution in [0.1, 0.15) is 26.7 Å². The number of hydrogen-bond donors (Lipinski definition) is 0. The third kappa shape index (κ3) is 2.36. The molecule has 1 heterocycles. The number of carbonyl (C=O) groups is 1. The van der Waals surface area contributed by atoms with Crippen LogP contribution in [0, 0.1) is 11.3 Å². The maximum Gasteiger partial charge on any atom is 0.251 e. The van der Waals surface area contributed by atoms with Gasteiger partial charge in [-0.05, 0) is 33.0 Å². The second-order valence-electron chi connectivity index (χ2n) is 4.78. The van der Waals surface area contributed by atoms with Crippen molar-refractivity contribution in [2.24, 2.45) is 11.3 Å². The second kappa shape index (κ2) is 4.56. The van der Waals surface area contributed by atoms with Crippen LogP contribution in [-0.2, 0) is 4.79 Å². The first kappa shape index (κ1) is 12.6. The normalized spacial score (nSPS) is 22.3. The molecule has 0 aromatic heterocycles. The molecule has 0 N–H and O–H groups in total. The topological polar surface area (TPSA) is 20.3 Å². The summed E-state index contributed by atoms with van der Waals surface area (Å²) in [5, 5.41) is 0. The predicted molar refractivity (Wildman–Crippen MR) is 55.0 cm³/mol. The summed E-state index contributed by atoms with van der Waals surface area (Å²) in [5.41, 5.74) is -1.37. The Labute approximate surface area is 89.6 Å². The SMILES string of the molecule is CC(C)C(=O)C1(C(F)F)CCN(C)CC1. The third-order valence-electron chi connectivity index (χ3n) is 3.31. The van der Waals surface area contributed by atoms with Crippen LogP contribution < -0.4 is 0 Å². The maximum absolute atomic E-state index is 13.1. The van der Waals surface area contributed by atoms with Crippen LogP contribution in [0.4, 0.5) is 8.78 Å². The lowest BCUT2D eigenvalue weighted by Gasteiger charge is -2.39. The highest BCUT2D eigenvalue weighted by molar-refractivity contribution is 5.87. The number of hydrogen-bond acceptors (Lipinski definition) is 2. The van der Waals surface area contributed by atoms with Crippen LogP contribution in [-0.4, -0.2) is 37.2 Å². The summed E-state index contributed by atoms with van der Waals surface area (Å²) in [6, 6.07) is 0. The molecule has 1 aliphatic rings. The molecular formula is C11H19F2NO. The molecule has 0 spiro atoms. The molecule has 4 heteroatoms. The van der Waals surface area contributed by atoms with Crippen molar-refractivity contribution >= 4 is 5.78 Å². The number of halogens is 2. The van der Waals surface area contributed by atoms with Gasteiger partial charge in [-0.3, -0.25) is 4.79 Å². The van der Waals surface area contributed by atoms with Crippen LogP contribution in [0.15, 0.2) is 0 Å². The van der Waals surface area contributed by atoms with E-state index in [9.17, 15) is 13.6 Å². The van der Waals surface area contributed by atoms with Crippen LogP contribution >= 0.6 is 0 Å². The highest BCUT2D eigenvalue weighted by atomic mass is 19.3. The molecule has 1 saturated heterocycles. The number of alkyl halides is 2. The molecule has 0 saturated carbocycles. The zero-order chi connectivity index (χ0) is 11.6. The largest absolute Gasteiger partial charge is 0.306 e. The number of piperidine rings is 1. The Morgan fingerprint density at radius 2 is 1.73 bits per heavy atom. The Bertz CT molecular complexity index is 233. The molecule has 0 bridgehead atoms. The van der Waals surface area contributed by atoms with E-state index in [0.717, 1.165) is 0 Å². The van der Waals surface area contributed by atoms with Gasteiger partial charge in [-0.1, -0.05) is 13.8 Å². The van der Waals surface area contributed by atoms with Crippen molar-refractivity contribution in [3.8, 4) is 0 Å². The fourth-order valence-electron chi connectivity index (χ4n) is 2.16. The van der Waals surface area contributed by atoms with Gasteiger partial charge in [-0.25, -0.2) is 8.78 Å². The molecule has 88 valence electrons. The molecule has 0 radical (unpaired) electrons. The van der Waals surface area contributed by atoms with Gasteiger partial charge in [0, 0.05) is 5.92 Å². The molecule has 0 aromatic rings. The minimum Gasteiger partial charge on any atom is -0.306 e. The Hall–Kier alpha value is -0.510. The van der Waals surface area contributed by atoms with Crippen molar-refractivity contribution in [3.05, 3.63) is 0 Å². The lowest BCUT2D eigenvalue weighted by atomic mass is 9.72. The zero-order valence-electron chi connectivity index (χ0n) is 9.59. The van der Waals surface area contributed by atoms with Crippen molar-refractivity contribution in [3.63, 3.8) is 0 Å². The quantitative estimate of drug-likeness (QED) is 0.725. The van der Waals surface area contributed by atoms with E-state index in [4.69, 9.17) is 0 Å². The first-order valence-electron chi connectivity index (χ1n) is 5.41. The average molecular weight is 219 g/mol. The summed E-state index contributed by atoms with van der Waals surface area (Å²) in [4.78, 5) is 13.9. The molecule has 2 nitrogen and oxygen atoms in total. The molecular weight excluding hydrogens is 200 g/mol. The number of Topliss-reactive ketones (excluding diaryl/α,β-unsaturated/α-hetero) is 1. The van der Waals surface area contributed by atoms with E-state index in [2.05, 4.69) is 0 Å². The summed E-state index contributed by atoms with van der Waals surface area (Å²) in [7, 11) is 1.90. The van der Waals surface area contributed by atoms with Crippen LogP contribution in [0.3, 0.4) is 0 Å². The highest BCUT2D eigenvalue weighted by Crippen LogP contribution is 2.40. The maximum atomic E-state index is 13.1. The smallest absolute Gasteiger partial charge is 0.251 e. The standard InChI is InChI=1S/C11H19F2NO/c1-8(2)9(15)11(10(12)13)4-6-14(3)7-5-11/h8,10H,4-7H2,1-3H3. The summed E-state index contributed by atoms with van der Waals surface area (Å²) < 4.78 is 26.1. The number of carbonyl (C=O) groups excluding carboxylic acids is 1. The van der Waals surface area contributed by atoms with Gasteiger partial charge in [0.05, 0.1) is 5.41 Å². The molecule has 1 fully saturated rings. The Morgan fingerprint density at radius 3 is 2.07 bits per heavy atom. The number of nitrogens with zero attached hydrogens (tertiary/aromatic N) is 1. The van der Waals surface area contributed by atoms with Gasteiger partial charge in [0.2, 0.25) is 0 Å². The van der Waals surface area contributed by atoms with E-state index >= 15 is 0 Å². The second-order valence-corrected chi connectivity index (χ2v) is 4.78. The first-order chi connectivity index (χ1) is 6.90. The summed E-state index contributed by atoms with van der Waals surface area (Å²) in [6.45, 7) is 4.57. The highest BCUT2D eigenvalue weighted by Gasteiger charge is 2.48. The molecule has 0 aromatic carbocycles. The molecule has 15 heavy (non-hydrogen) atoms. The molecule has 0 unspecified atom stereocenters. The van der Waals surface area contributed by atoms with Gasteiger partial charge >= 0.3 is 0 Å². The minimum atomic E-state index is -2.53. The van der Waals surface area contributed by atoms with E-state index in [0.29, 0.717) is 13.1 Å². The predicted octanol–water partition coefficient (Wildman–Crippen LogP) is 2.19. The van der Waals surface area contributed by atoms with E-state index in [1.165, 1.54) is 0 Å². The van der Waals surface area contributed by atoms with Gasteiger partial charge in [-0.2, -0.15) is 0 Å². The van der Waals surface area contributed by atoms with Crippen molar-refractivity contribution in [1.82, 2.24) is 4.90 Å². The molecule has 1 rings (SSSR count). The average Bonchev–Trinajstić information content (AvgIpc) is 2.17. The lowest BCUT2D eigenvalue weighted by Crippen LogP contribution is -2.48. The fraction of sp³-hybridized carbons (Fsp3) is 0.909. The monoisotopic (exact) mass is 219 g/mol. The lowest BCUT2D eigenvalue weighted by molar-refractivity contribution is -0.146. The molecule has 0 aliphatic carbocycles. The van der Waals surface area contributed by atoms with Crippen molar-refractivity contribution in [2.75, 3.05) is 20.1 Å². The van der Waals surface area contributed by atoms with Crippen LogP contribution in [0.25, 0.3) is 0 Å². The zero-order valence-corrected chi connectivity index (χ0v) is 9.59. The first-order valence-corrected chi connectivity index (χ1v) is 5.41. The summed E-state index contributed by atoms with van der Waals surface area (Å²) in [6.07, 6.45) is -1.95. The Morgan fingerprint density at radius 1 is 1.27 bits per heavy atom. The van der Waals surface area contributed by atoms with Gasteiger partial charge in [0.15, 0.2) is 0 Å². The van der Waals surface area contributed by atoms with Crippen molar-refractivity contribution in [1.29, 1.82) is 0 Å². The van der Waals surface area contributed by atoms with E-state index in [1.807, 2.05) is 11.9 Å². The van der Waals surface area contributed by atoms with Crippen molar-refractivity contribution < 1.29 is 13.6 Å².